The molecule has 0 radical (unpaired) electrons. The Morgan fingerprint density at radius 2 is 2.00 bits per heavy atom. The van der Waals surface area contributed by atoms with Gasteiger partial charge in [-0.2, -0.15) is 12.6 Å². The van der Waals surface area contributed by atoms with Gasteiger partial charge in [-0.05, 0) is 12.0 Å². The molecule has 0 aliphatic carbocycles. The van der Waals surface area contributed by atoms with Crippen molar-refractivity contribution in [2.75, 3.05) is 12.3 Å². The van der Waals surface area contributed by atoms with Gasteiger partial charge in [0.25, 0.3) is 0 Å². The molecule has 0 saturated heterocycles. The molecule has 0 atom stereocenters. The lowest BCUT2D eigenvalue weighted by Crippen LogP contribution is -2.25. The highest BCUT2D eigenvalue weighted by atomic mass is 32.1. The molecule has 0 unspecified atom stereocenters. The molecule has 0 aliphatic rings. The molecule has 0 fully saturated rings. The highest BCUT2D eigenvalue weighted by Crippen LogP contribution is 2.01. The summed E-state index contributed by atoms with van der Waals surface area (Å²) in [7, 11) is 0. The molecule has 0 aliphatic heterocycles. The van der Waals surface area contributed by atoms with Gasteiger partial charge in [-0.15, -0.1) is 0 Å². The predicted molar refractivity (Wildman–Crippen MR) is 61.6 cm³/mol. The van der Waals surface area contributed by atoms with E-state index >= 15 is 0 Å². The highest BCUT2D eigenvalue weighted by molar-refractivity contribution is 7.80. The first-order chi connectivity index (χ1) is 6.83. The van der Waals surface area contributed by atoms with Gasteiger partial charge in [0, 0.05) is 18.7 Å². The third kappa shape index (κ3) is 4.33. The largest absolute Gasteiger partial charge is 0.355 e. The first kappa shape index (κ1) is 11.1. The van der Waals surface area contributed by atoms with Crippen LogP contribution in [0.4, 0.5) is 0 Å². The predicted octanol–water partition coefficient (Wildman–Crippen LogP) is 1.67. The maximum Gasteiger partial charge on any atom is 0.220 e. The molecule has 0 spiro atoms. The van der Waals surface area contributed by atoms with Gasteiger partial charge in [-0.25, -0.2) is 0 Å². The Bertz CT molecular complexity index is 274. The molecule has 2 nitrogen and oxygen atoms in total. The van der Waals surface area contributed by atoms with Crippen LogP contribution in [0, 0.1) is 0 Å². The van der Waals surface area contributed by atoms with Crippen LogP contribution >= 0.6 is 12.6 Å². The molecular formula is C11H15NOS. The van der Waals surface area contributed by atoms with Crippen molar-refractivity contribution in [1.29, 1.82) is 0 Å². The zero-order valence-corrected chi connectivity index (χ0v) is 8.97. The number of benzene rings is 1. The lowest BCUT2D eigenvalue weighted by atomic mass is 10.1. The van der Waals surface area contributed by atoms with Crippen molar-refractivity contribution in [1.82, 2.24) is 5.32 Å². The molecule has 0 saturated carbocycles. The van der Waals surface area contributed by atoms with Gasteiger partial charge in [0.1, 0.15) is 0 Å². The third-order valence-electron chi connectivity index (χ3n) is 1.92. The number of rotatable bonds is 5. The Hall–Kier alpha value is -0.960. The van der Waals surface area contributed by atoms with E-state index in [1.165, 1.54) is 5.56 Å². The fourth-order valence-electron chi connectivity index (χ4n) is 1.19. The molecule has 3 heteroatoms. The Kier molecular flexibility index (Phi) is 5.15. The number of amides is 1. The highest BCUT2D eigenvalue weighted by Gasteiger charge is 1.99. The average molecular weight is 209 g/mol. The zero-order chi connectivity index (χ0) is 10.2. The molecule has 76 valence electrons. The van der Waals surface area contributed by atoms with Crippen LogP contribution in [-0.4, -0.2) is 18.2 Å². The minimum absolute atomic E-state index is 0.0999. The minimum Gasteiger partial charge on any atom is -0.355 e. The molecule has 0 aromatic heterocycles. The first-order valence-corrected chi connectivity index (χ1v) is 5.37. The van der Waals surface area contributed by atoms with Crippen molar-refractivity contribution in [2.24, 2.45) is 0 Å². The first-order valence-electron chi connectivity index (χ1n) is 4.74. The maximum atomic E-state index is 11.2. The molecule has 1 aromatic rings. The van der Waals surface area contributed by atoms with Gasteiger partial charge in [0.05, 0.1) is 0 Å². The Balaban J connectivity index is 2.24. The van der Waals surface area contributed by atoms with Gasteiger partial charge in [-0.1, -0.05) is 30.3 Å². The van der Waals surface area contributed by atoms with Crippen LogP contribution in [-0.2, 0) is 11.2 Å². The lowest BCUT2D eigenvalue weighted by Gasteiger charge is -2.02. The van der Waals surface area contributed by atoms with Gasteiger partial charge in [-0.3, -0.25) is 4.79 Å². The van der Waals surface area contributed by atoms with E-state index in [1.54, 1.807) is 0 Å². The second-order valence-electron chi connectivity index (χ2n) is 3.06. The summed E-state index contributed by atoms with van der Waals surface area (Å²) in [4.78, 5) is 11.2. The molecule has 1 amide bonds. The van der Waals surface area contributed by atoms with E-state index in [1.807, 2.05) is 30.3 Å². The van der Waals surface area contributed by atoms with E-state index < -0.39 is 0 Å². The van der Waals surface area contributed by atoms with Crippen LogP contribution in [0.15, 0.2) is 30.3 Å². The van der Waals surface area contributed by atoms with Crippen molar-refractivity contribution in [3.05, 3.63) is 35.9 Å². The van der Waals surface area contributed by atoms with Crippen molar-refractivity contribution in [3.63, 3.8) is 0 Å². The van der Waals surface area contributed by atoms with E-state index in [4.69, 9.17) is 0 Å². The standard InChI is InChI=1S/C11H15NOS/c13-11(12-8-9-14)7-6-10-4-2-1-3-5-10/h1-5,14H,6-9H2,(H,12,13). The number of carbonyl (C=O) groups is 1. The fourth-order valence-corrected chi connectivity index (χ4v) is 1.30. The van der Waals surface area contributed by atoms with Gasteiger partial charge < -0.3 is 5.32 Å². The Morgan fingerprint density at radius 3 is 2.64 bits per heavy atom. The van der Waals surface area contributed by atoms with Crippen molar-refractivity contribution < 1.29 is 4.79 Å². The average Bonchev–Trinajstić information content (AvgIpc) is 2.25. The Labute approximate surface area is 90.1 Å². The number of thiol groups is 1. The summed E-state index contributed by atoms with van der Waals surface area (Å²) >= 11 is 4.02. The summed E-state index contributed by atoms with van der Waals surface area (Å²) in [5.41, 5.74) is 1.20. The minimum atomic E-state index is 0.0999. The van der Waals surface area contributed by atoms with E-state index in [0.717, 1.165) is 6.42 Å². The number of hydrogen-bond donors (Lipinski definition) is 2. The molecule has 1 aromatic carbocycles. The van der Waals surface area contributed by atoms with Crippen LogP contribution in [0.3, 0.4) is 0 Å². The number of nitrogens with one attached hydrogen (secondary N) is 1. The topological polar surface area (TPSA) is 29.1 Å². The number of hydrogen-bond acceptors (Lipinski definition) is 2. The van der Waals surface area contributed by atoms with Gasteiger partial charge in [0.15, 0.2) is 0 Å². The van der Waals surface area contributed by atoms with Gasteiger partial charge >= 0.3 is 0 Å². The van der Waals surface area contributed by atoms with E-state index in [0.29, 0.717) is 18.7 Å². The lowest BCUT2D eigenvalue weighted by molar-refractivity contribution is -0.120. The summed E-state index contributed by atoms with van der Waals surface area (Å²) < 4.78 is 0. The van der Waals surface area contributed by atoms with Crippen LogP contribution < -0.4 is 5.32 Å². The van der Waals surface area contributed by atoms with Crippen LogP contribution in [0.2, 0.25) is 0 Å². The summed E-state index contributed by atoms with van der Waals surface area (Å²) in [6.07, 6.45) is 1.36. The molecule has 0 heterocycles. The molecule has 1 N–H and O–H groups in total. The molecule has 1 rings (SSSR count). The summed E-state index contributed by atoms with van der Waals surface area (Å²) in [5.74, 6) is 0.791. The molecule has 0 bridgehead atoms. The van der Waals surface area contributed by atoms with Gasteiger partial charge in [0.2, 0.25) is 5.91 Å². The fraction of sp³-hybridized carbons (Fsp3) is 0.364. The Morgan fingerprint density at radius 1 is 1.29 bits per heavy atom. The second kappa shape index (κ2) is 6.49. The number of carbonyl (C=O) groups excluding carboxylic acids is 1. The summed E-state index contributed by atoms with van der Waals surface area (Å²) in [5, 5.41) is 2.79. The van der Waals surface area contributed by atoms with E-state index in [-0.39, 0.29) is 5.91 Å². The van der Waals surface area contributed by atoms with Crippen molar-refractivity contribution in [2.45, 2.75) is 12.8 Å². The van der Waals surface area contributed by atoms with Crippen molar-refractivity contribution in [3.8, 4) is 0 Å². The quantitative estimate of drug-likeness (QED) is 0.710. The van der Waals surface area contributed by atoms with Crippen LogP contribution in [0.5, 0.6) is 0 Å². The van der Waals surface area contributed by atoms with Crippen LogP contribution in [0.1, 0.15) is 12.0 Å². The molecular weight excluding hydrogens is 194 g/mol. The van der Waals surface area contributed by atoms with E-state index in [2.05, 4.69) is 17.9 Å². The van der Waals surface area contributed by atoms with Crippen molar-refractivity contribution >= 4 is 18.5 Å². The monoisotopic (exact) mass is 209 g/mol. The maximum absolute atomic E-state index is 11.2. The summed E-state index contributed by atoms with van der Waals surface area (Å²) in [6.45, 7) is 0.650. The third-order valence-corrected chi connectivity index (χ3v) is 2.14. The second-order valence-corrected chi connectivity index (χ2v) is 3.51. The summed E-state index contributed by atoms with van der Waals surface area (Å²) in [6, 6.07) is 10.0. The SMILES string of the molecule is O=C(CCc1ccccc1)NCCS. The smallest absolute Gasteiger partial charge is 0.220 e. The molecule has 14 heavy (non-hydrogen) atoms. The van der Waals surface area contributed by atoms with Crippen LogP contribution in [0.25, 0.3) is 0 Å². The van der Waals surface area contributed by atoms with E-state index in [9.17, 15) is 4.79 Å². The normalized spacial score (nSPS) is 9.79. The number of aryl methyl sites for hydroxylation is 1. The zero-order valence-electron chi connectivity index (χ0n) is 8.07.